The van der Waals surface area contributed by atoms with Crippen LogP contribution in [0.3, 0.4) is 0 Å². The summed E-state index contributed by atoms with van der Waals surface area (Å²) in [5.74, 6) is 0.754. The molecule has 0 saturated carbocycles. The summed E-state index contributed by atoms with van der Waals surface area (Å²) in [4.78, 5) is 15.0. The second kappa shape index (κ2) is 12.1. The lowest BCUT2D eigenvalue weighted by atomic mass is 10.1. The molecule has 6 nitrogen and oxygen atoms in total. The van der Waals surface area contributed by atoms with E-state index in [4.69, 9.17) is 9.47 Å². The Kier molecular flexibility index (Phi) is 8.70. The minimum absolute atomic E-state index is 0.0409. The van der Waals surface area contributed by atoms with Crippen molar-refractivity contribution in [3.63, 3.8) is 0 Å². The molecule has 3 aromatic carbocycles. The third kappa shape index (κ3) is 6.63. The van der Waals surface area contributed by atoms with Gasteiger partial charge in [0.05, 0.1) is 20.3 Å². The zero-order chi connectivity index (χ0) is 24.3. The van der Waals surface area contributed by atoms with E-state index in [0.717, 1.165) is 16.7 Å². The molecular formula is C28H29N3O3. The Balaban J connectivity index is 1.80. The van der Waals surface area contributed by atoms with Gasteiger partial charge in [-0.2, -0.15) is 5.26 Å². The van der Waals surface area contributed by atoms with Crippen LogP contribution in [0.15, 0.2) is 90.6 Å². The molecule has 0 aliphatic heterocycles. The van der Waals surface area contributed by atoms with E-state index in [1.807, 2.05) is 84.6 Å². The van der Waals surface area contributed by atoms with Gasteiger partial charge in [-0.25, -0.2) is 0 Å². The monoisotopic (exact) mass is 455 g/mol. The second-order valence-corrected chi connectivity index (χ2v) is 7.84. The third-order valence-corrected chi connectivity index (χ3v) is 5.39. The Morgan fingerprint density at radius 3 is 2.00 bits per heavy atom. The van der Waals surface area contributed by atoms with Gasteiger partial charge in [0, 0.05) is 19.3 Å². The average molecular weight is 456 g/mol. The Morgan fingerprint density at radius 2 is 1.50 bits per heavy atom. The number of methoxy groups -OCH3 is 2. The molecule has 1 amide bonds. The van der Waals surface area contributed by atoms with E-state index >= 15 is 0 Å². The van der Waals surface area contributed by atoms with Gasteiger partial charge >= 0.3 is 0 Å². The quantitative estimate of drug-likeness (QED) is 0.344. The van der Waals surface area contributed by atoms with Crippen molar-refractivity contribution in [1.82, 2.24) is 10.2 Å². The first-order valence-electron chi connectivity index (χ1n) is 11.0. The van der Waals surface area contributed by atoms with Crippen molar-refractivity contribution < 1.29 is 14.3 Å². The molecule has 34 heavy (non-hydrogen) atoms. The van der Waals surface area contributed by atoms with Crippen molar-refractivity contribution in [2.75, 3.05) is 14.2 Å². The molecular weight excluding hydrogens is 426 g/mol. The molecule has 6 heteroatoms. The van der Waals surface area contributed by atoms with Gasteiger partial charge in [-0.3, -0.25) is 4.79 Å². The number of rotatable bonds is 10. The van der Waals surface area contributed by atoms with Crippen molar-refractivity contribution in [3.8, 4) is 17.6 Å². The van der Waals surface area contributed by atoms with Gasteiger partial charge in [0.15, 0.2) is 11.5 Å². The molecule has 3 aromatic rings. The first-order chi connectivity index (χ1) is 16.5. The summed E-state index contributed by atoms with van der Waals surface area (Å²) in [6.45, 7) is 3.00. The highest BCUT2D eigenvalue weighted by molar-refractivity contribution is 5.97. The maximum atomic E-state index is 13.0. The number of hydrogen-bond acceptors (Lipinski definition) is 5. The minimum atomic E-state index is -0.434. The van der Waals surface area contributed by atoms with Crippen molar-refractivity contribution in [2.24, 2.45) is 0 Å². The molecule has 1 atom stereocenters. The van der Waals surface area contributed by atoms with Crippen molar-refractivity contribution in [2.45, 2.75) is 26.1 Å². The minimum Gasteiger partial charge on any atom is -0.493 e. The zero-order valence-electron chi connectivity index (χ0n) is 19.7. The topological polar surface area (TPSA) is 74.6 Å². The summed E-state index contributed by atoms with van der Waals surface area (Å²) >= 11 is 0. The number of amides is 1. The number of nitrogens with zero attached hydrogens (tertiary/aromatic N) is 2. The lowest BCUT2D eigenvalue weighted by Gasteiger charge is -2.22. The van der Waals surface area contributed by atoms with Gasteiger partial charge in [0.1, 0.15) is 11.6 Å². The fourth-order valence-electron chi connectivity index (χ4n) is 3.58. The summed E-state index contributed by atoms with van der Waals surface area (Å²) in [5, 5.41) is 12.7. The number of benzene rings is 3. The van der Waals surface area contributed by atoms with Crippen LogP contribution in [-0.4, -0.2) is 25.0 Å². The van der Waals surface area contributed by atoms with E-state index in [9.17, 15) is 10.1 Å². The molecule has 0 heterocycles. The smallest absolute Gasteiger partial charge is 0.263 e. The fourth-order valence-corrected chi connectivity index (χ4v) is 3.58. The number of carbonyl (C=O) groups is 1. The van der Waals surface area contributed by atoms with E-state index in [2.05, 4.69) is 11.4 Å². The number of nitriles is 1. The van der Waals surface area contributed by atoms with E-state index in [-0.39, 0.29) is 11.6 Å². The number of ether oxygens (including phenoxy) is 2. The highest BCUT2D eigenvalue weighted by atomic mass is 16.5. The van der Waals surface area contributed by atoms with Gasteiger partial charge in [0.2, 0.25) is 0 Å². The number of hydrogen-bond donors (Lipinski definition) is 1. The Hall–Kier alpha value is -4.24. The molecule has 0 saturated heterocycles. The number of nitrogens with one attached hydrogen (secondary N) is 1. The van der Waals surface area contributed by atoms with Crippen molar-refractivity contribution in [3.05, 3.63) is 107 Å². The lowest BCUT2D eigenvalue weighted by molar-refractivity contribution is -0.117. The maximum absolute atomic E-state index is 13.0. The number of carbonyl (C=O) groups excluding carboxylic acids is 1. The van der Waals surface area contributed by atoms with Crippen LogP contribution in [0, 0.1) is 11.3 Å². The molecule has 1 unspecified atom stereocenters. The van der Waals surface area contributed by atoms with Gasteiger partial charge in [-0.1, -0.05) is 66.7 Å². The highest BCUT2D eigenvalue weighted by Gasteiger charge is 2.17. The second-order valence-electron chi connectivity index (χ2n) is 7.84. The molecule has 0 radical (unpaired) electrons. The lowest BCUT2D eigenvalue weighted by Crippen LogP contribution is -2.29. The Morgan fingerprint density at radius 1 is 0.941 bits per heavy atom. The van der Waals surface area contributed by atoms with E-state index in [1.165, 1.54) is 0 Å². The van der Waals surface area contributed by atoms with E-state index < -0.39 is 5.91 Å². The standard InChI is InChI=1S/C28H29N3O3/c1-21(24-14-15-26(33-2)27(16-24)34-3)30-28(32)25(17-29)20-31(18-22-10-6-4-7-11-22)19-23-12-8-5-9-13-23/h4-16,20-21H,18-19H2,1-3H3,(H,30,32)/b25-20-. The summed E-state index contributed by atoms with van der Waals surface area (Å²) < 4.78 is 10.6. The van der Waals surface area contributed by atoms with Crippen LogP contribution in [0.1, 0.15) is 29.7 Å². The van der Waals surface area contributed by atoms with Gasteiger partial charge in [0.25, 0.3) is 5.91 Å². The van der Waals surface area contributed by atoms with Crippen LogP contribution in [-0.2, 0) is 17.9 Å². The summed E-state index contributed by atoms with van der Waals surface area (Å²) in [6, 6.07) is 27.1. The SMILES string of the molecule is COc1ccc(C(C)NC(=O)/C(C#N)=C\N(Cc2ccccc2)Cc2ccccc2)cc1OC. The largest absolute Gasteiger partial charge is 0.493 e. The molecule has 0 aliphatic rings. The molecule has 0 spiro atoms. The Labute approximate surface area is 201 Å². The third-order valence-electron chi connectivity index (χ3n) is 5.39. The molecule has 3 rings (SSSR count). The van der Waals surface area contributed by atoms with Gasteiger partial charge in [-0.15, -0.1) is 0 Å². The zero-order valence-corrected chi connectivity index (χ0v) is 19.7. The molecule has 0 bridgehead atoms. The average Bonchev–Trinajstić information content (AvgIpc) is 2.87. The van der Waals surface area contributed by atoms with Gasteiger partial charge < -0.3 is 19.7 Å². The van der Waals surface area contributed by atoms with Crippen LogP contribution < -0.4 is 14.8 Å². The molecule has 0 aromatic heterocycles. The first-order valence-corrected chi connectivity index (χ1v) is 11.0. The molecule has 0 fully saturated rings. The Bertz CT molecular complexity index is 1110. The normalized spacial score (nSPS) is 11.8. The van der Waals surface area contributed by atoms with E-state index in [1.54, 1.807) is 26.5 Å². The summed E-state index contributed by atoms with van der Waals surface area (Å²) in [5.41, 5.74) is 3.06. The molecule has 1 N–H and O–H groups in total. The molecule has 174 valence electrons. The van der Waals surface area contributed by atoms with Crippen LogP contribution in [0.25, 0.3) is 0 Å². The summed E-state index contributed by atoms with van der Waals surface area (Å²) in [7, 11) is 3.14. The van der Waals surface area contributed by atoms with Crippen molar-refractivity contribution in [1.29, 1.82) is 5.26 Å². The van der Waals surface area contributed by atoms with Crippen LogP contribution in [0.4, 0.5) is 0 Å². The van der Waals surface area contributed by atoms with Crippen LogP contribution >= 0.6 is 0 Å². The maximum Gasteiger partial charge on any atom is 0.263 e. The van der Waals surface area contributed by atoms with E-state index in [0.29, 0.717) is 24.6 Å². The van der Waals surface area contributed by atoms with Gasteiger partial charge in [-0.05, 0) is 35.7 Å². The van der Waals surface area contributed by atoms with Crippen LogP contribution in [0.5, 0.6) is 11.5 Å². The summed E-state index contributed by atoms with van der Waals surface area (Å²) in [6.07, 6.45) is 1.64. The molecule has 0 aliphatic carbocycles. The first kappa shape index (κ1) is 24.4. The highest BCUT2D eigenvalue weighted by Crippen LogP contribution is 2.30. The van der Waals surface area contributed by atoms with Crippen molar-refractivity contribution >= 4 is 5.91 Å². The predicted molar refractivity (Wildman–Crippen MR) is 132 cm³/mol. The predicted octanol–water partition coefficient (Wildman–Crippen LogP) is 4.99. The van der Waals surface area contributed by atoms with Crippen LogP contribution in [0.2, 0.25) is 0 Å². The fraction of sp³-hybridized carbons (Fsp3) is 0.214.